The second kappa shape index (κ2) is 7.25. The Morgan fingerprint density at radius 2 is 1.84 bits per heavy atom. The van der Waals surface area contributed by atoms with Crippen molar-refractivity contribution in [3.63, 3.8) is 0 Å². The van der Waals surface area contributed by atoms with Crippen LogP contribution in [0.1, 0.15) is 20.7 Å². The van der Waals surface area contributed by atoms with Gasteiger partial charge in [-0.25, -0.2) is 4.79 Å². The van der Waals surface area contributed by atoms with Crippen LogP contribution in [0, 0.1) is 0 Å². The molecule has 0 bridgehead atoms. The first kappa shape index (κ1) is 17.4. The predicted octanol–water partition coefficient (Wildman–Crippen LogP) is 3.92. The van der Waals surface area contributed by atoms with Gasteiger partial charge in [-0.1, -0.05) is 51.7 Å². The van der Waals surface area contributed by atoms with Crippen molar-refractivity contribution in [1.82, 2.24) is 0 Å². The lowest BCUT2D eigenvalue weighted by Gasteiger charge is -2.07. The Bertz CT molecular complexity index is 953. The molecule has 25 heavy (non-hydrogen) atoms. The third-order valence-electron chi connectivity index (χ3n) is 3.54. The second-order valence-electron chi connectivity index (χ2n) is 5.25. The number of carboxylic acids is 1. The molecule has 0 aliphatic heterocycles. The highest BCUT2D eigenvalue weighted by molar-refractivity contribution is 9.10. The Labute approximate surface area is 158 Å². The molecule has 1 aromatic heterocycles. The molecule has 7 heteroatoms. The van der Waals surface area contributed by atoms with E-state index in [1.165, 1.54) is 11.3 Å². The number of anilines is 1. The molecule has 2 aromatic carbocycles. The fraction of sp³-hybridized carbons (Fsp3) is 0. The number of hydrogen-bond acceptors (Lipinski definition) is 3. The average molecular weight is 412 g/mol. The van der Waals surface area contributed by atoms with Gasteiger partial charge in [0.15, 0.2) is 0 Å². The van der Waals surface area contributed by atoms with Crippen molar-refractivity contribution < 1.29 is 14.7 Å². The third kappa shape index (κ3) is 3.83. The molecule has 0 aliphatic rings. The Morgan fingerprint density at radius 3 is 2.48 bits per heavy atom. The van der Waals surface area contributed by atoms with Crippen molar-refractivity contribution in [3.8, 4) is 11.1 Å². The zero-order valence-electron chi connectivity index (χ0n) is 12.8. The molecule has 0 saturated carbocycles. The van der Waals surface area contributed by atoms with Crippen LogP contribution in [0.15, 0.2) is 58.4 Å². The highest BCUT2D eigenvalue weighted by Gasteiger charge is 2.21. The number of carbonyl (C=O) groups excluding carboxylic acids is 1. The van der Waals surface area contributed by atoms with Gasteiger partial charge in [0, 0.05) is 21.0 Å². The lowest BCUT2D eigenvalue weighted by Crippen LogP contribution is -2.13. The van der Waals surface area contributed by atoms with E-state index in [0.29, 0.717) is 21.6 Å². The molecule has 0 saturated heterocycles. The van der Waals surface area contributed by atoms with Gasteiger partial charge >= 0.3 is 5.97 Å². The molecule has 0 spiro atoms. The van der Waals surface area contributed by atoms with E-state index in [0.717, 1.165) is 10.0 Å². The summed E-state index contributed by atoms with van der Waals surface area (Å²) in [6.07, 6.45) is 0. The Kier molecular flexibility index (Phi) is 5.06. The minimum absolute atomic E-state index is 0.0677. The van der Waals surface area contributed by atoms with E-state index in [-0.39, 0.29) is 11.5 Å². The number of thiophene rings is 1. The molecular formula is C18H11BBrNO3S. The minimum Gasteiger partial charge on any atom is -0.478 e. The molecule has 4 nitrogen and oxygen atoms in total. The summed E-state index contributed by atoms with van der Waals surface area (Å²) in [7, 11) is 5.68. The smallest absolute Gasteiger partial charge is 0.339 e. The van der Waals surface area contributed by atoms with Gasteiger partial charge in [0.25, 0.3) is 5.91 Å². The fourth-order valence-electron chi connectivity index (χ4n) is 2.34. The maximum Gasteiger partial charge on any atom is 0.339 e. The molecule has 0 atom stereocenters. The lowest BCUT2D eigenvalue weighted by atomic mass is 9.93. The number of carboxylic acid groups (broad SMARTS) is 1. The van der Waals surface area contributed by atoms with E-state index in [4.69, 9.17) is 7.85 Å². The maximum atomic E-state index is 12.4. The number of halogens is 1. The van der Waals surface area contributed by atoms with E-state index in [2.05, 4.69) is 21.2 Å². The normalized spacial score (nSPS) is 10.4. The van der Waals surface area contributed by atoms with Crippen LogP contribution in [0.4, 0.5) is 5.00 Å². The van der Waals surface area contributed by atoms with Crippen LogP contribution < -0.4 is 10.8 Å². The summed E-state index contributed by atoms with van der Waals surface area (Å²) >= 11 is 4.49. The van der Waals surface area contributed by atoms with Crippen molar-refractivity contribution in [2.75, 3.05) is 5.32 Å². The monoisotopic (exact) mass is 411 g/mol. The van der Waals surface area contributed by atoms with Crippen LogP contribution in [0.25, 0.3) is 11.1 Å². The zero-order chi connectivity index (χ0) is 18.0. The van der Waals surface area contributed by atoms with Crippen LogP contribution >= 0.6 is 27.3 Å². The van der Waals surface area contributed by atoms with Crippen LogP contribution in [-0.4, -0.2) is 24.8 Å². The first-order valence-corrected chi connectivity index (χ1v) is 8.90. The summed E-state index contributed by atoms with van der Waals surface area (Å²) in [5.41, 5.74) is 2.37. The lowest BCUT2D eigenvalue weighted by molar-refractivity contribution is 0.0699. The van der Waals surface area contributed by atoms with Crippen LogP contribution in [0.3, 0.4) is 0 Å². The van der Waals surface area contributed by atoms with E-state index in [1.54, 1.807) is 47.8 Å². The number of hydrogen-bond donors (Lipinski definition) is 2. The highest BCUT2D eigenvalue weighted by Crippen LogP contribution is 2.35. The van der Waals surface area contributed by atoms with Crippen molar-refractivity contribution in [1.29, 1.82) is 0 Å². The topological polar surface area (TPSA) is 66.4 Å². The van der Waals surface area contributed by atoms with Gasteiger partial charge in [-0.2, -0.15) is 0 Å². The fourth-order valence-corrected chi connectivity index (χ4v) is 3.70. The number of nitrogens with one attached hydrogen (secondary N) is 1. The summed E-state index contributed by atoms with van der Waals surface area (Å²) in [6, 6.07) is 13.8. The molecule has 2 radical (unpaired) electrons. The van der Waals surface area contributed by atoms with Crippen molar-refractivity contribution in [3.05, 3.63) is 69.5 Å². The summed E-state index contributed by atoms with van der Waals surface area (Å²) < 4.78 is 0.771. The Balaban J connectivity index is 1.96. The molecular weight excluding hydrogens is 401 g/mol. The van der Waals surface area contributed by atoms with E-state index in [1.807, 2.05) is 6.07 Å². The SMILES string of the molecule is [B]c1ccc(-c2csc(NC(=O)c3cccc(Br)c3)c2C(=O)O)cc1. The third-order valence-corrected chi connectivity index (χ3v) is 4.93. The molecule has 1 heterocycles. The van der Waals surface area contributed by atoms with Crippen molar-refractivity contribution in [2.45, 2.75) is 0 Å². The first-order valence-electron chi connectivity index (χ1n) is 7.23. The van der Waals surface area contributed by atoms with Crippen molar-refractivity contribution in [2.24, 2.45) is 0 Å². The summed E-state index contributed by atoms with van der Waals surface area (Å²) in [5.74, 6) is -1.47. The number of rotatable bonds is 4. The van der Waals surface area contributed by atoms with Gasteiger partial charge in [-0.15, -0.1) is 11.3 Å². The Morgan fingerprint density at radius 1 is 1.12 bits per heavy atom. The summed E-state index contributed by atoms with van der Waals surface area (Å²) in [6.45, 7) is 0. The zero-order valence-corrected chi connectivity index (χ0v) is 15.2. The number of carbonyl (C=O) groups is 2. The molecule has 1 amide bonds. The number of benzene rings is 2. The quantitative estimate of drug-likeness (QED) is 0.639. The first-order chi connectivity index (χ1) is 12.0. The van der Waals surface area contributed by atoms with Crippen LogP contribution in [0.2, 0.25) is 0 Å². The molecule has 122 valence electrons. The average Bonchev–Trinajstić information content (AvgIpc) is 2.99. The van der Waals surface area contributed by atoms with Crippen molar-refractivity contribution >= 4 is 57.5 Å². The number of amides is 1. The molecule has 0 aliphatic carbocycles. The van der Waals surface area contributed by atoms with E-state index < -0.39 is 5.97 Å². The van der Waals surface area contributed by atoms with Gasteiger partial charge < -0.3 is 10.4 Å². The van der Waals surface area contributed by atoms with Gasteiger partial charge in [-0.05, 0) is 23.8 Å². The molecule has 3 rings (SSSR count). The maximum absolute atomic E-state index is 12.4. The van der Waals surface area contributed by atoms with Gasteiger partial charge in [0.1, 0.15) is 18.4 Å². The summed E-state index contributed by atoms with van der Waals surface area (Å²) in [5, 5.41) is 14.3. The molecule has 0 unspecified atom stereocenters. The van der Waals surface area contributed by atoms with Gasteiger partial charge in [0.2, 0.25) is 0 Å². The van der Waals surface area contributed by atoms with E-state index in [9.17, 15) is 14.7 Å². The minimum atomic E-state index is -1.10. The second-order valence-corrected chi connectivity index (χ2v) is 7.04. The van der Waals surface area contributed by atoms with Crippen LogP contribution in [0.5, 0.6) is 0 Å². The molecule has 2 N–H and O–H groups in total. The highest BCUT2D eigenvalue weighted by atomic mass is 79.9. The number of aromatic carboxylic acids is 1. The Hall–Kier alpha value is -2.38. The standard InChI is InChI=1S/C18H11BBrNO3S/c19-12-6-4-10(5-7-12)14-9-25-17(15(14)18(23)24)21-16(22)11-2-1-3-13(20)8-11/h1-9H,(H,21,22)(H,23,24). The van der Waals surface area contributed by atoms with E-state index >= 15 is 0 Å². The molecule has 0 fully saturated rings. The predicted molar refractivity (Wildman–Crippen MR) is 104 cm³/mol. The van der Waals surface area contributed by atoms with Crippen LogP contribution in [-0.2, 0) is 0 Å². The largest absolute Gasteiger partial charge is 0.478 e. The summed E-state index contributed by atoms with van der Waals surface area (Å²) in [4.78, 5) is 24.1. The molecule has 3 aromatic rings. The van der Waals surface area contributed by atoms with Gasteiger partial charge in [-0.3, -0.25) is 4.79 Å². The van der Waals surface area contributed by atoms with Gasteiger partial charge in [0.05, 0.1) is 0 Å².